The number of hydrogen-bond donors (Lipinski definition) is 1. The first-order valence-corrected chi connectivity index (χ1v) is 6.21. The van der Waals surface area contributed by atoms with Gasteiger partial charge in [0.2, 0.25) is 0 Å². The van der Waals surface area contributed by atoms with Crippen LogP contribution in [0.15, 0.2) is 42.5 Å². The molecule has 2 rings (SSSR count). The number of aliphatic hydroxyl groups excluding tert-OH is 1. The van der Waals surface area contributed by atoms with Gasteiger partial charge in [-0.2, -0.15) is 0 Å². The fourth-order valence-corrected chi connectivity index (χ4v) is 2.14. The van der Waals surface area contributed by atoms with Crippen molar-refractivity contribution in [3.05, 3.63) is 70.0 Å². The first-order chi connectivity index (χ1) is 9.13. The van der Waals surface area contributed by atoms with Crippen molar-refractivity contribution in [2.24, 2.45) is 0 Å². The van der Waals surface area contributed by atoms with Crippen LogP contribution in [-0.2, 0) is 11.3 Å². The number of hydrogen-bond acceptors (Lipinski definition) is 2. The van der Waals surface area contributed by atoms with Crippen molar-refractivity contribution in [1.29, 1.82) is 0 Å². The Morgan fingerprint density at radius 2 is 1.95 bits per heavy atom. The van der Waals surface area contributed by atoms with E-state index in [0.717, 1.165) is 5.56 Å². The normalized spacial score (nSPS) is 12.4. The van der Waals surface area contributed by atoms with Crippen molar-refractivity contribution < 1.29 is 14.2 Å². The molecule has 0 amide bonds. The van der Waals surface area contributed by atoms with Crippen molar-refractivity contribution in [3.63, 3.8) is 0 Å². The summed E-state index contributed by atoms with van der Waals surface area (Å²) < 4.78 is 18.9. The van der Waals surface area contributed by atoms with Crippen molar-refractivity contribution in [3.8, 4) is 0 Å². The van der Waals surface area contributed by atoms with Gasteiger partial charge < -0.3 is 9.84 Å². The van der Waals surface area contributed by atoms with Gasteiger partial charge in [-0.3, -0.25) is 0 Å². The minimum Gasteiger partial charge on any atom is -0.384 e. The van der Waals surface area contributed by atoms with Crippen molar-refractivity contribution in [1.82, 2.24) is 0 Å². The molecule has 19 heavy (non-hydrogen) atoms. The van der Waals surface area contributed by atoms with E-state index < -0.39 is 11.9 Å². The molecule has 1 N–H and O–H groups in total. The maximum Gasteiger partial charge on any atom is 0.130 e. The molecule has 2 nitrogen and oxygen atoms in total. The Morgan fingerprint density at radius 3 is 2.63 bits per heavy atom. The van der Waals surface area contributed by atoms with Gasteiger partial charge in [0.05, 0.1) is 6.61 Å². The van der Waals surface area contributed by atoms with Crippen LogP contribution in [0.3, 0.4) is 0 Å². The monoisotopic (exact) mass is 280 g/mol. The van der Waals surface area contributed by atoms with E-state index in [0.29, 0.717) is 17.2 Å². The van der Waals surface area contributed by atoms with E-state index in [2.05, 4.69) is 0 Å². The smallest absolute Gasteiger partial charge is 0.130 e. The van der Waals surface area contributed by atoms with Crippen LogP contribution in [0.4, 0.5) is 4.39 Å². The molecule has 0 aliphatic heterocycles. The van der Waals surface area contributed by atoms with Gasteiger partial charge in [-0.05, 0) is 23.3 Å². The predicted octanol–water partition coefficient (Wildman–Crippen LogP) is 3.71. The van der Waals surface area contributed by atoms with E-state index in [1.54, 1.807) is 25.3 Å². The van der Waals surface area contributed by atoms with E-state index in [-0.39, 0.29) is 5.56 Å². The molecule has 0 saturated heterocycles. The molecular weight excluding hydrogens is 267 g/mol. The molecule has 4 heteroatoms. The molecule has 100 valence electrons. The molecule has 0 aliphatic rings. The van der Waals surface area contributed by atoms with Gasteiger partial charge >= 0.3 is 0 Å². The van der Waals surface area contributed by atoms with Crippen molar-refractivity contribution in [2.45, 2.75) is 12.7 Å². The number of aliphatic hydroxyl groups is 1. The molecule has 0 radical (unpaired) electrons. The molecule has 0 fully saturated rings. The standard InChI is InChI=1S/C15H14ClFO2/c1-19-9-10-4-2-3-5-12(10)15(18)13-7-6-11(16)8-14(13)17/h2-8,15,18H,9H2,1H3. The van der Waals surface area contributed by atoms with Gasteiger partial charge in [-0.15, -0.1) is 0 Å². The first kappa shape index (κ1) is 14.0. The minimum absolute atomic E-state index is 0.202. The summed E-state index contributed by atoms with van der Waals surface area (Å²) in [5.74, 6) is -0.521. The summed E-state index contributed by atoms with van der Waals surface area (Å²) in [5.41, 5.74) is 1.66. The van der Waals surface area contributed by atoms with Crippen LogP contribution in [0.2, 0.25) is 5.02 Å². The minimum atomic E-state index is -1.04. The summed E-state index contributed by atoms with van der Waals surface area (Å²) in [6.45, 7) is 0.364. The highest BCUT2D eigenvalue weighted by molar-refractivity contribution is 6.30. The highest BCUT2D eigenvalue weighted by Gasteiger charge is 2.17. The van der Waals surface area contributed by atoms with Crippen molar-refractivity contribution >= 4 is 11.6 Å². The number of ether oxygens (including phenoxy) is 1. The van der Waals surface area contributed by atoms with Gasteiger partial charge in [-0.1, -0.05) is 41.9 Å². The summed E-state index contributed by atoms with van der Waals surface area (Å²) in [5, 5.41) is 10.6. The van der Waals surface area contributed by atoms with Gasteiger partial charge in [-0.25, -0.2) is 4.39 Å². The SMILES string of the molecule is COCc1ccccc1C(O)c1ccc(Cl)cc1F. The molecule has 2 aromatic rings. The van der Waals surface area contributed by atoms with Crippen LogP contribution in [0, 0.1) is 5.82 Å². The summed E-state index contributed by atoms with van der Waals surface area (Å²) in [6, 6.07) is 11.5. The molecule has 1 unspecified atom stereocenters. The van der Waals surface area contributed by atoms with E-state index in [1.807, 2.05) is 12.1 Å². The fraction of sp³-hybridized carbons (Fsp3) is 0.200. The third kappa shape index (κ3) is 3.13. The molecule has 0 aliphatic carbocycles. The van der Waals surface area contributed by atoms with E-state index in [1.165, 1.54) is 12.1 Å². The molecule has 0 heterocycles. The van der Waals surface area contributed by atoms with Gasteiger partial charge in [0.1, 0.15) is 11.9 Å². The van der Waals surface area contributed by atoms with Crippen LogP contribution in [0.5, 0.6) is 0 Å². The zero-order valence-electron chi connectivity index (χ0n) is 10.4. The van der Waals surface area contributed by atoms with Crippen molar-refractivity contribution in [2.75, 3.05) is 7.11 Å². The Hall–Kier alpha value is -1.42. The third-order valence-corrected chi connectivity index (χ3v) is 3.14. The summed E-state index contributed by atoms with van der Waals surface area (Å²) >= 11 is 5.71. The molecular formula is C15H14ClFO2. The van der Waals surface area contributed by atoms with Crippen LogP contribution in [-0.4, -0.2) is 12.2 Å². The average Bonchev–Trinajstić information content (AvgIpc) is 2.39. The predicted molar refractivity (Wildman–Crippen MR) is 72.6 cm³/mol. The third-order valence-electron chi connectivity index (χ3n) is 2.91. The summed E-state index contributed by atoms with van der Waals surface area (Å²) in [4.78, 5) is 0. The zero-order valence-corrected chi connectivity index (χ0v) is 11.2. The lowest BCUT2D eigenvalue weighted by molar-refractivity contribution is 0.175. The van der Waals surface area contributed by atoms with Gasteiger partial charge in [0.25, 0.3) is 0 Å². The van der Waals surface area contributed by atoms with Gasteiger partial charge in [0, 0.05) is 17.7 Å². The second-order valence-electron chi connectivity index (χ2n) is 4.20. The second kappa shape index (κ2) is 6.15. The Kier molecular flexibility index (Phi) is 4.53. The molecule has 0 aromatic heterocycles. The maximum absolute atomic E-state index is 13.8. The summed E-state index contributed by atoms with van der Waals surface area (Å²) in [7, 11) is 1.58. The van der Waals surface area contributed by atoms with Crippen LogP contribution in [0.25, 0.3) is 0 Å². The highest BCUT2D eigenvalue weighted by Crippen LogP contribution is 2.28. The zero-order chi connectivity index (χ0) is 13.8. The Morgan fingerprint density at radius 1 is 1.21 bits per heavy atom. The first-order valence-electron chi connectivity index (χ1n) is 5.83. The lowest BCUT2D eigenvalue weighted by atomic mass is 9.97. The number of methoxy groups -OCH3 is 1. The molecule has 2 aromatic carbocycles. The van der Waals surface area contributed by atoms with E-state index in [9.17, 15) is 9.50 Å². The molecule has 0 bridgehead atoms. The summed E-state index contributed by atoms with van der Waals surface area (Å²) in [6.07, 6.45) is -1.04. The lowest BCUT2D eigenvalue weighted by Crippen LogP contribution is -2.06. The maximum atomic E-state index is 13.8. The largest absolute Gasteiger partial charge is 0.384 e. The fourth-order valence-electron chi connectivity index (χ4n) is 1.98. The number of benzene rings is 2. The highest BCUT2D eigenvalue weighted by atomic mass is 35.5. The van der Waals surface area contributed by atoms with E-state index in [4.69, 9.17) is 16.3 Å². The Labute approximate surface area is 116 Å². The lowest BCUT2D eigenvalue weighted by Gasteiger charge is -2.16. The number of rotatable bonds is 4. The Balaban J connectivity index is 2.41. The average molecular weight is 281 g/mol. The van der Waals surface area contributed by atoms with Gasteiger partial charge in [0.15, 0.2) is 0 Å². The van der Waals surface area contributed by atoms with E-state index >= 15 is 0 Å². The Bertz CT molecular complexity index is 572. The molecule has 0 saturated carbocycles. The molecule has 1 atom stereocenters. The molecule has 0 spiro atoms. The van der Waals surface area contributed by atoms with Crippen LogP contribution in [0.1, 0.15) is 22.8 Å². The van der Waals surface area contributed by atoms with Crippen LogP contribution >= 0.6 is 11.6 Å². The van der Waals surface area contributed by atoms with Crippen LogP contribution < -0.4 is 0 Å². The quantitative estimate of drug-likeness (QED) is 0.925. The second-order valence-corrected chi connectivity index (χ2v) is 4.64. The number of halogens is 2. The topological polar surface area (TPSA) is 29.5 Å².